The predicted molar refractivity (Wildman–Crippen MR) is 60.2 cm³/mol. The van der Waals surface area contributed by atoms with Crippen LogP contribution in [0.3, 0.4) is 0 Å². The molecule has 0 aliphatic rings. The lowest BCUT2D eigenvalue weighted by atomic mass is 10.0. The van der Waals surface area contributed by atoms with Gasteiger partial charge in [0, 0.05) is 25.0 Å². The minimum absolute atomic E-state index is 0.218. The van der Waals surface area contributed by atoms with Crippen molar-refractivity contribution in [3.63, 3.8) is 0 Å². The van der Waals surface area contributed by atoms with E-state index in [9.17, 15) is 0 Å². The Bertz CT molecular complexity index is 246. The van der Waals surface area contributed by atoms with Gasteiger partial charge in [-0.05, 0) is 24.5 Å². The summed E-state index contributed by atoms with van der Waals surface area (Å²) >= 11 is 0. The van der Waals surface area contributed by atoms with Crippen LogP contribution in [0.4, 0.5) is 5.69 Å². The van der Waals surface area contributed by atoms with E-state index in [1.54, 1.807) is 6.20 Å². The topological polar surface area (TPSA) is 50.9 Å². The lowest BCUT2D eigenvalue weighted by molar-refractivity contribution is 0.508. The Morgan fingerprint density at radius 1 is 1.50 bits per heavy atom. The maximum absolute atomic E-state index is 5.94. The van der Waals surface area contributed by atoms with E-state index in [-0.39, 0.29) is 6.04 Å². The average molecular weight is 193 g/mol. The highest BCUT2D eigenvalue weighted by Crippen LogP contribution is 2.05. The Labute approximate surface area is 85.7 Å². The Kier molecular flexibility index (Phi) is 4.40. The summed E-state index contributed by atoms with van der Waals surface area (Å²) in [6, 6.07) is 4.13. The van der Waals surface area contributed by atoms with Gasteiger partial charge in [-0.15, -0.1) is 0 Å². The number of anilines is 1. The third kappa shape index (κ3) is 4.23. The van der Waals surface area contributed by atoms with E-state index in [0.717, 1.165) is 18.7 Å². The van der Waals surface area contributed by atoms with Crippen molar-refractivity contribution >= 4 is 5.69 Å². The molecule has 0 bridgehead atoms. The van der Waals surface area contributed by atoms with Gasteiger partial charge in [-0.25, -0.2) is 0 Å². The number of nitrogens with two attached hydrogens (primary N) is 1. The lowest BCUT2D eigenvalue weighted by Gasteiger charge is -2.15. The van der Waals surface area contributed by atoms with Crippen LogP contribution >= 0.6 is 0 Å². The van der Waals surface area contributed by atoms with Gasteiger partial charge in [-0.2, -0.15) is 0 Å². The van der Waals surface area contributed by atoms with Crippen molar-refractivity contribution in [3.8, 4) is 0 Å². The minimum atomic E-state index is 0.218. The highest BCUT2D eigenvalue weighted by molar-refractivity contribution is 5.39. The van der Waals surface area contributed by atoms with Crippen LogP contribution in [0.25, 0.3) is 0 Å². The number of hydrogen-bond acceptors (Lipinski definition) is 3. The van der Waals surface area contributed by atoms with E-state index >= 15 is 0 Å². The first-order valence-corrected chi connectivity index (χ1v) is 5.08. The van der Waals surface area contributed by atoms with Crippen LogP contribution in [0, 0.1) is 5.92 Å². The molecule has 1 heterocycles. The largest absolute Gasteiger partial charge is 0.382 e. The van der Waals surface area contributed by atoms with Gasteiger partial charge in [-0.3, -0.25) is 4.98 Å². The van der Waals surface area contributed by atoms with Crippen LogP contribution in [0.1, 0.15) is 20.3 Å². The zero-order valence-electron chi connectivity index (χ0n) is 8.90. The summed E-state index contributed by atoms with van der Waals surface area (Å²) in [7, 11) is 0. The van der Waals surface area contributed by atoms with Crippen molar-refractivity contribution in [2.75, 3.05) is 11.9 Å². The van der Waals surface area contributed by atoms with Gasteiger partial charge in [0.2, 0.25) is 0 Å². The van der Waals surface area contributed by atoms with Crippen molar-refractivity contribution in [1.82, 2.24) is 4.98 Å². The van der Waals surface area contributed by atoms with E-state index in [2.05, 4.69) is 24.1 Å². The smallest absolute Gasteiger partial charge is 0.0527 e. The predicted octanol–water partition coefficient (Wildman–Crippen LogP) is 1.87. The zero-order chi connectivity index (χ0) is 10.4. The van der Waals surface area contributed by atoms with Crippen LogP contribution < -0.4 is 11.1 Å². The quantitative estimate of drug-likeness (QED) is 0.750. The molecule has 3 N–H and O–H groups in total. The molecule has 0 aliphatic heterocycles. The SMILES string of the molecule is CC(C)CC(N)CNc1cccnc1. The fraction of sp³-hybridized carbons (Fsp3) is 0.545. The van der Waals surface area contributed by atoms with E-state index < -0.39 is 0 Å². The van der Waals surface area contributed by atoms with Crippen molar-refractivity contribution < 1.29 is 0 Å². The summed E-state index contributed by atoms with van der Waals surface area (Å²) in [5.74, 6) is 0.653. The molecule has 3 nitrogen and oxygen atoms in total. The van der Waals surface area contributed by atoms with Gasteiger partial charge in [0.05, 0.1) is 5.69 Å². The molecule has 1 atom stereocenters. The van der Waals surface area contributed by atoms with Crippen molar-refractivity contribution in [3.05, 3.63) is 24.5 Å². The number of nitrogens with zero attached hydrogens (tertiary/aromatic N) is 1. The highest BCUT2D eigenvalue weighted by Gasteiger charge is 2.04. The summed E-state index contributed by atoms with van der Waals surface area (Å²) in [4.78, 5) is 4.02. The molecule has 78 valence electrons. The molecule has 0 aliphatic carbocycles. The van der Waals surface area contributed by atoms with Crippen LogP contribution in [-0.2, 0) is 0 Å². The van der Waals surface area contributed by atoms with Crippen LogP contribution in [0.5, 0.6) is 0 Å². The van der Waals surface area contributed by atoms with Crippen molar-refractivity contribution in [1.29, 1.82) is 0 Å². The minimum Gasteiger partial charge on any atom is -0.382 e. The Hall–Kier alpha value is -1.09. The molecule has 0 radical (unpaired) electrons. The molecule has 0 saturated carbocycles. The summed E-state index contributed by atoms with van der Waals surface area (Å²) in [6.45, 7) is 5.18. The number of rotatable bonds is 5. The molecular formula is C11H19N3. The molecule has 0 spiro atoms. The molecule has 1 unspecified atom stereocenters. The van der Waals surface area contributed by atoms with Gasteiger partial charge >= 0.3 is 0 Å². The summed E-state index contributed by atoms with van der Waals surface area (Å²) in [6.07, 6.45) is 4.62. The van der Waals surface area contributed by atoms with E-state index in [1.165, 1.54) is 0 Å². The van der Waals surface area contributed by atoms with Crippen LogP contribution in [0.2, 0.25) is 0 Å². The lowest BCUT2D eigenvalue weighted by Crippen LogP contribution is -2.30. The summed E-state index contributed by atoms with van der Waals surface area (Å²) in [5.41, 5.74) is 6.97. The monoisotopic (exact) mass is 193 g/mol. The van der Waals surface area contributed by atoms with Crippen molar-refractivity contribution in [2.24, 2.45) is 11.7 Å². The molecule has 0 aromatic carbocycles. The second-order valence-electron chi connectivity index (χ2n) is 4.01. The van der Waals surface area contributed by atoms with Gasteiger partial charge in [-0.1, -0.05) is 13.8 Å². The highest BCUT2D eigenvalue weighted by atomic mass is 14.9. The van der Waals surface area contributed by atoms with Crippen LogP contribution in [-0.4, -0.2) is 17.6 Å². The first kappa shape index (κ1) is 11.0. The molecular weight excluding hydrogens is 174 g/mol. The van der Waals surface area contributed by atoms with E-state index in [1.807, 2.05) is 18.3 Å². The molecule has 1 aromatic heterocycles. The van der Waals surface area contributed by atoms with Crippen LogP contribution in [0.15, 0.2) is 24.5 Å². The molecule has 3 heteroatoms. The number of nitrogens with one attached hydrogen (secondary N) is 1. The summed E-state index contributed by atoms with van der Waals surface area (Å²) < 4.78 is 0. The molecule has 14 heavy (non-hydrogen) atoms. The van der Waals surface area contributed by atoms with E-state index in [0.29, 0.717) is 5.92 Å². The maximum atomic E-state index is 5.94. The summed E-state index contributed by atoms with van der Waals surface area (Å²) in [5, 5.41) is 3.26. The fourth-order valence-corrected chi connectivity index (χ4v) is 1.41. The third-order valence-corrected chi connectivity index (χ3v) is 2.00. The zero-order valence-corrected chi connectivity index (χ0v) is 8.90. The van der Waals surface area contributed by atoms with Gasteiger partial charge in [0.25, 0.3) is 0 Å². The first-order valence-electron chi connectivity index (χ1n) is 5.08. The third-order valence-electron chi connectivity index (χ3n) is 2.00. The second kappa shape index (κ2) is 5.60. The second-order valence-corrected chi connectivity index (χ2v) is 4.01. The average Bonchev–Trinajstić information content (AvgIpc) is 2.15. The number of hydrogen-bond donors (Lipinski definition) is 2. The van der Waals surface area contributed by atoms with Gasteiger partial charge < -0.3 is 11.1 Å². The molecule has 1 rings (SSSR count). The normalized spacial score (nSPS) is 12.9. The van der Waals surface area contributed by atoms with Gasteiger partial charge in [0.1, 0.15) is 0 Å². The Morgan fingerprint density at radius 3 is 2.86 bits per heavy atom. The molecule has 0 fully saturated rings. The maximum Gasteiger partial charge on any atom is 0.0527 e. The van der Waals surface area contributed by atoms with Gasteiger partial charge in [0.15, 0.2) is 0 Å². The first-order chi connectivity index (χ1) is 6.68. The Balaban J connectivity index is 2.27. The molecule has 1 aromatic rings. The molecule has 0 saturated heterocycles. The Morgan fingerprint density at radius 2 is 2.29 bits per heavy atom. The van der Waals surface area contributed by atoms with E-state index in [4.69, 9.17) is 5.73 Å². The molecule has 0 amide bonds. The standard InChI is InChI=1S/C11H19N3/c1-9(2)6-10(12)7-14-11-4-3-5-13-8-11/h3-5,8-10,14H,6-7,12H2,1-2H3. The number of pyridine rings is 1. The number of aromatic nitrogens is 1. The van der Waals surface area contributed by atoms with Crippen molar-refractivity contribution in [2.45, 2.75) is 26.3 Å². The fourth-order valence-electron chi connectivity index (χ4n) is 1.41.